The van der Waals surface area contributed by atoms with Crippen molar-refractivity contribution in [3.63, 3.8) is 0 Å². The van der Waals surface area contributed by atoms with Crippen LogP contribution < -0.4 is 5.32 Å². The second-order valence-electron chi connectivity index (χ2n) is 5.68. The van der Waals surface area contributed by atoms with Crippen LogP contribution in [0.3, 0.4) is 0 Å². The highest BCUT2D eigenvalue weighted by Gasteiger charge is 2.18. The van der Waals surface area contributed by atoms with Crippen LogP contribution in [-0.4, -0.2) is 47.4 Å². The molecule has 2 aromatic rings. The first-order valence-corrected chi connectivity index (χ1v) is 11.0. The number of sulfone groups is 1. The summed E-state index contributed by atoms with van der Waals surface area (Å²) in [6.07, 6.45) is 1.03. The number of carbonyl (C=O) groups is 1. The van der Waals surface area contributed by atoms with Gasteiger partial charge in [-0.05, 0) is 42.5 Å². The average Bonchev–Trinajstić information content (AvgIpc) is 2.54. The van der Waals surface area contributed by atoms with Gasteiger partial charge < -0.3 is 5.32 Å². The fourth-order valence-corrected chi connectivity index (χ4v) is 3.78. The Morgan fingerprint density at radius 3 is 2.00 bits per heavy atom. The molecular weight excluding hydrogens is 400 g/mol. The molecule has 1 amide bonds. The standard InChI is InChI=1S/C16H17ClN2O5S2/c1-19(2)26(23,24)12-6-4-11(5-7-12)18-16(20)14-10-13(25(3,21)22)8-9-15(14)17/h4-10H,1-3H3,(H,18,20). The van der Waals surface area contributed by atoms with Crippen LogP contribution >= 0.6 is 11.6 Å². The quantitative estimate of drug-likeness (QED) is 0.805. The van der Waals surface area contributed by atoms with Crippen LogP contribution in [0.2, 0.25) is 5.02 Å². The van der Waals surface area contributed by atoms with Crippen molar-refractivity contribution in [3.05, 3.63) is 53.1 Å². The lowest BCUT2D eigenvalue weighted by Crippen LogP contribution is -2.22. The summed E-state index contributed by atoms with van der Waals surface area (Å²) in [7, 11) is -4.22. The van der Waals surface area contributed by atoms with Gasteiger partial charge in [0.25, 0.3) is 5.91 Å². The maximum absolute atomic E-state index is 12.4. The minimum Gasteiger partial charge on any atom is -0.322 e. The molecule has 0 bridgehead atoms. The molecule has 0 aliphatic carbocycles. The molecule has 0 aromatic heterocycles. The number of anilines is 1. The van der Waals surface area contributed by atoms with Gasteiger partial charge in [0.2, 0.25) is 10.0 Å². The lowest BCUT2D eigenvalue weighted by atomic mass is 10.2. The van der Waals surface area contributed by atoms with E-state index in [1.807, 2.05) is 0 Å². The zero-order chi connectivity index (χ0) is 19.7. The molecule has 0 aliphatic heterocycles. The van der Waals surface area contributed by atoms with Crippen molar-refractivity contribution in [1.82, 2.24) is 4.31 Å². The molecule has 2 aromatic carbocycles. The van der Waals surface area contributed by atoms with Gasteiger partial charge in [0.15, 0.2) is 9.84 Å². The molecule has 0 atom stereocenters. The number of benzene rings is 2. The summed E-state index contributed by atoms with van der Waals surface area (Å²) >= 11 is 5.99. The number of rotatable bonds is 5. The second kappa shape index (κ2) is 7.36. The normalized spacial score (nSPS) is 12.2. The zero-order valence-corrected chi connectivity index (χ0v) is 16.6. The number of hydrogen-bond donors (Lipinski definition) is 1. The van der Waals surface area contributed by atoms with Gasteiger partial charge in [0.05, 0.1) is 20.4 Å². The molecule has 2 rings (SSSR count). The van der Waals surface area contributed by atoms with Crippen molar-refractivity contribution >= 4 is 43.1 Å². The van der Waals surface area contributed by atoms with Crippen molar-refractivity contribution < 1.29 is 21.6 Å². The van der Waals surface area contributed by atoms with E-state index in [4.69, 9.17) is 11.6 Å². The highest BCUT2D eigenvalue weighted by molar-refractivity contribution is 7.90. The van der Waals surface area contributed by atoms with Crippen molar-refractivity contribution in [2.24, 2.45) is 0 Å². The topological polar surface area (TPSA) is 101 Å². The Hall–Kier alpha value is -1.94. The maximum Gasteiger partial charge on any atom is 0.257 e. The number of halogens is 1. The number of carbonyl (C=O) groups excluding carboxylic acids is 1. The molecule has 1 N–H and O–H groups in total. The van der Waals surface area contributed by atoms with Gasteiger partial charge in [0.1, 0.15) is 0 Å². The van der Waals surface area contributed by atoms with E-state index in [0.717, 1.165) is 10.6 Å². The molecule has 0 fully saturated rings. The smallest absolute Gasteiger partial charge is 0.257 e. The van der Waals surface area contributed by atoms with Gasteiger partial charge in [0, 0.05) is 26.0 Å². The molecule has 140 valence electrons. The summed E-state index contributed by atoms with van der Waals surface area (Å²) in [6, 6.07) is 9.43. The van der Waals surface area contributed by atoms with Gasteiger partial charge in [-0.15, -0.1) is 0 Å². The molecule has 26 heavy (non-hydrogen) atoms. The number of amides is 1. The van der Waals surface area contributed by atoms with Crippen LogP contribution in [0.25, 0.3) is 0 Å². The van der Waals surface area contributed by atoms with Crippen molar-refractivity contribution in [3.8, 4) is 0 Å². The Kier molecular flexibility index (Phi) is 5.76. The van der Waals surface area contributed by atoms with Crippen molar-refractivity contribution in [2.45, 2.75) is 9.79 Å². The first kappa shape index (κ1) is 20.4. The number of hydrogen-bond acceptors (Lipinski definition) is 5. The van der Waals surface area contributed by atoms with E-state index in [1.165, 1.54) is 56.6 Å². The third kappa shape index (κ3) is 4.42. The Labute approximate surface area is 157 Å². The first-order valence-electron chi connectivity index (χ1n) is 7.26. The van der Waals surface area contributed by atoms with E-state index in [-0.39, 0.29) is 20.4 Å². The lowest BCUT2D eigenvalue weighted by Gasteiger charge is -2.12. The van der Waals surface area contributed by atoms with Crippen LogP contribution in [0.15, 0.2) is 52.3 Å². The Morgan fingerprint density at radius 1 is 0.962 bits per heavy atom. The van der Waals surface area contributed by atoms with Crippen LogP contribution in [0, 0.1) is 0 Å². The number of nitrogens with one attached hydrogen (secondary N) is 1. The minimum absolute atomic E-state index is 0.000388. The van der Waals surface area contributed by atoms with Crippen LogP contribution in [0.1, 0.15) is 10.4 Å². The monoisotopic (exact) mass is 416 g/mol. The third-order valence-corrected chi connectivity index (χ3v) is 6.77. The number of nitrogens with zero attached hydrogens (tertiary/aromatic N) is 1. The van der Waals surface area contributed by atoms with Crippen molar-refractivity contribution in [1.29, 1.82) is 0 Å². The predicted octanol–water partition coefficient (Wildman–Crippen LogP) is 2.25. The highest BCUT2D eigenvalue weighted by Crippen LogP contribution is 2.23. The molecule has 0 saturated carbocycles. The molecule has 0 unspecified atom stereocenters. The fourth-order valence-electron chi connectivity index (χ4n) is 2.03. The fraction of sp³-hybridized carbons (Fsp3) is 0.188. The van der Waals surface area contributed by atoms with E-state index in [0.29, 0.717) is 5.69 Å². The molecule has 0 saturated heterocycles. The summed E-state index contributed by atoms with van der Waals surface area (Å²) in [5.41, 5.74) is 0.341. The van der Waals surface area contributed by atoms with Crippen LogP contribution in [0.5, 0.6) is 0 Å². The molecule has 0 spiro atoms. The SMILES string of the molecule is CN(C)S(=O)(=O)c1ccc(NC(=O)c2cc(S(C)(=O)=O)ccc2Cl)cc1. The van der Waals surface area contributed by atoms with E-state index >= 15 is 0 Å². The lowest BCUT2D eigenvalue weighted by molar-refractivity contribution is 0.102. The Bertz CT molecular complexity index is 1050. The van der Waals surface area contributed by atoms with Gasteiger partial charge in [-0.1, -0.05) is 11.6 Å². The summed E-state index contributed by atoms with van der Waals surface area (Å²) in [6.45, 7) is 0. The van der Waals surface area contributed by atoms with Gasteiger partial charge in [-0.3, -0.25) is 4.79 Å². The van der Waals surface area contributed by atoms with Gasteiger partial charge in [-0.25, -0.2) is 21.1 Å². The zero-order valence-electron chi connectivity index (χ0n) is 14.2. The van der Waals surface area contributed by atoms with E-state index in [2.05, 4.69) is 5.32 Å². The minimum atomic E-state index is -3.57. The Morgan fingerprint density at radius 2 is 1.50 bits per heavy atom. The third-order valence-electron chi connectivity index (χ3n) is 3.50. The molecule has 0 aliphatic rings. The van der Waals surface area contributed by atoms with Crippen molar-refractivity contribution in [2.75, 3.05) is 25.7 Å². The largest absolute Gasteiger partial charge is 0.322 e. The maximum atomic E-state index is 12.4. The van der Waals surface area contributed by atoms with Crippen LogP contribution in [0.4, 0.5) is 5.69 Å². The molecular formula is C16H17ClN2O5S2. The van der Waals surface area contributed by atoms with E-state index in [1.54, 1.807) is 0 Å². The summed E-state index contributed by atoms with van der Waals surface area (Å²) in [4.78, 5) is 12.4. The first-order chi connectivity index (χ1) is 11.9. The Balaban J connectivity index is 2.29. The van der Waals surface area contributed by atoms with E-state index < -0.39 is 25.8 Å². The van der Waals surface area contributed by atoms with E-state index in [9.17, 15) is 21.6 Å². The summed E-state index contributed by atoms with van der Waals surface area (Å²) in [5.74, 6) is -0.608. The molecule has 10 heteroatoms. The molecule has 0 radical (unpaired) electrons. The summed E-state index contributed by atoms with van der Waals surface area (Å²) in [5, 5.41) is 2.66. The molecule has 0 heterocycles. The van der Waals surface area contributed by atoms with Gasteiger partial charge in [-0.2, -0.15) is 0 Å². The van der Waals surface area contributed by atoms with Crippen LogP contribution in [-0.2, 0) is 19.9 Å². The predicted molar refractivity (Wildman–Crippen MR) is 99.8 cm³/mol. The molecule has 7 nitrogen and oxygen atoms in total. The highest BCUT2D eigenvalue weighted by atomic mass is 35.5. The average molecular weight is 417 g/mol. The van der Waals surface area contributed by atoms with Gasteiger partial charge >= 0.3 is 0 Å². The summed E-state index contributed by atoms with van der Waals surface area (Å²) < 4.78 is 48.4. The second-order valence-corrected chi connectivity index (χ2v) is 10.3. The number of sulfonamides is 1.